The van der Waals surface area contributed by atoms with Gasteiger partial charge in [0.25, 0.3) is 0 Å². The summed E-state index contributed by atoms with van der Waals surface area (Å²) in [6.07, 6.45) is 3.35. The molecule has 4 aromatic rings. The average molecular weight is 570 g/mol. The molecule has 5 rings (SSSR count). The van der Waals surface area contributed by atoms with E-state index in [9.17, 15) is 9.90 Å². The number of hydrogen-bond donors (Lipinski definition) is 3. The summed E-state index contributed by atoms with van der Waals surface area (Å²) in [5, 5.41) is 20.1. The number of nitrogens with zero attached hydrogens (tertiary/aromatic N) is 5. The van der Waals surface area contributed by atoms with Crippen LogP contribution < -0.4 is 20.3 Å². The summed E-state index contributed by atoms with van der Waals surface area (Å²) in [6.45, 7) is 10.4. The van der Waals surface area contributed by atoms with Gasteiger partial charge in [-0.05, 0) is 43.9 Å². The van der Waals surface area contributed by atoms with Crippen LogP contribution in [0.5, 0.6) is 11.6 Å². The molecule has 1 aliphatic heterocycles. The molecule has 10 heteroatoms. The van der Waals surface area contributed by atoms with Crippen LogP contribution in [0, 0.1) is 12.8 Å². The number of anilines is 2. The van der Waals surface area contributed by atoms with Gasteiger partial charge in [0, 0.05) is 49.4 Å². The Morgan fingerprint density at radius 2 is 1.79 bits per heavy atom. The Bertz CT molecular complexity index is 1500. The predicted molar refractivity (Wildman–Crippen MR) is 163 cm³/mol. The highest BCUT2D eigenvalue weighted by molar-refractivity contribution is 5.88. The Kier molecular flexibility index (Phi) is 8.72. The molecule has 0 saturated carbocycles. The second-order valence-electron chi connectivity index (χ2n) is 11.8. The number of nitrogens with one attached hydrogen (secondary N) is 2. The first kappa shape index (κ1) is 29.1. The third-order valence-corrected chi connectivity index (χ3v) is 7.45. The highest BCUT2D eigenvalue weighted by Crippen LogP contribution is 2.29. The Labute approximate surface area is 246 Å². The molecule has 0 spiro atoms. The summed E-state index contributed by atoms with van der Waals surface area (Å²) in [7, 11) is 0. The van der Waals surface area contributed by atoms with Crippen molar-refractivity contribution >= 4 is 17.7 Å². The van der Waals surface area contributed by atoms with Gasteiger partial charge < -0.3 is 20.1 Å². The number of aryl methyl sites for hydroxylation is 1. The number of benzene rings is 2. The van der Waals surface area contributed by atoms with Crippen molar-refractivity contribution in [3.63, 3.8) is 0 Å². The Morgan fingerprint density at radius 1 is 1.05 bits per heavy atom. The van der Waals surface area contributed by atoms with E-state index in [0.717, 1.165) is 54.3 Å². The molecular weight excluding hydrogens is 530 g/mol. The average Bonchev–Trinajstić information content (AvgIpc) is 3.41. The van der Waals surface area contributed by atoms with Crippen LogP contribution in [0.3, 0.4) is 0 Å². The SMILES string of the molecule is Cc1ccc(-n2nc(C(C)(C)C)cc2NC(=O)NCc2ccccc2Oc2cc(N3CCC(CO)CC3)ncn2)cc1. The van der Waals surface area contributed by atoms with E-state index in [1.54, 1.807) is 4.68 Å². The number of ether oxygens (including phenoxy) is 1. The number of carbonyl (C=O) groups is 1. The lowest BCUT2D eigenvalue weighted by Crippen LogP contribution is -2.35. The number of rotatable bonds is 8. The fourth-order valence-electron chi connectivity index (χ4n) is 4.82. The zero-order chi connectivity index (χ0) is 29.7. The van der Waals surface area contributed by atoms with E-state index in [4.69, 9.17) is 9.84 Å². The van der Waals surface area contributed by atoms with Gasteiger partial charge in [0.2, 0.25) is 5.88 Å². The molecule has 0 radical (unpaired) electrons. The molecule has 3 heterocycles. The van der Waals surface area contributed by atoms with Crippen LogP contribution in [0.25, 0.3) is 5.69 Å². The van der Waals surface area contributed by atoms with Crippen LogP contribution in [-0.2, 0) is 12.0 Å². The number of urea groups is 1. The van der Waals surface area contributed by atoms with Crippen LogP contribution in [0.2, 0.25) is 0 Å². The van der Waals surface area contributed by atoms with Gasteiger partial charge in [-0.3, -0.25) is 5.32 Å². The van der Waals surface area contributed by atoms with Gasteiger partial charge in [-0.1, -0.05) is 56.7 Å². The molecule has 10 nitrogen and oxygen atoms in total. The van der Waals surface area contributed by atoms with Gasteiger partial charge in [-0.2, -0.15) is 5.10 Å². The molecular formula is C32H39N7O3. The maximum Gasteiger partial charge on any atom is 0.320 e. The smallest absolute Gasteiger partial charge is 0.320 e. The summed E-state index contributed by atoms with van der Waals surface area (Å²) in [4.78, 5) is 24.0. The lowest BCUT2D eigenvalue weighted by atomic mass is 9.92. The molecule has 0 unspecified atom stereocenters. The largest absolute Gasteiger partial charge is 0.438 e. The van der Waals surface area contributed by atoms with E-state index >= 15 is 0 Å². The third-order valence-electron chi connectivity index (χ3n) is 7.45. The number of amides is 2. The second-order valence-corrected chi connectivity index (χ2v) is 11.8. The van der Waals surface area contributed by atoms with E-state index in [-0.39, 0.29) is 24.6 Å². The van der Waals surface area contributed by atoms with Gasteiger partial charge in [-0.25, -0.2) is 19.4 Å². The fourth-order valence-corrected chi connectivity index (χ4v) is 4.82. The minimum Gasteiger partial charge on any atom is -0.438 e. The third kappa shape index (κ3) is 7.06. The molecule has 2 aromatic carbocycles. The van der Waals surface area contributed by atoms with E-state index in [1.165, 1.54) is 6.33 Å². The van der Waals surface area contributed by atoms with Crippen LogP contribution >= 0.6 is 0 Å². The van der Waals surface area contributed by atoms with Crippen molar-refractivity contribution in [2.75, 3.05) is 29.9 Å². The zero-order valence-electron chi connectivity index (χ0n) is 24.7. The molecule has 1 fully saturated rings. The topological polar surface area (TPSA) is 117 Å². The van der Waals surface area contributed by atoms with Crippen molar-refractivity contribution in [3.05, 3.63) is 83.8 Å². The standard InChI is InChI=1S/C32H39N7O3/c1-22-9-11-25(12-10-22)39-29(17-27(37-39)32(2,3)4)36-31(41)33-19-24-7-5-6-8-26(24)42-30-18-28(34-21-35-30)38-15-13-23(20-40)14-16-38/h5-12,17-18,21,23,40H,13-16,19-20H2,1-4H3,(H2,33,36,41). The van der Waals surface area contributed by atoms with E-state index in [1.807, 2.05) is 67.6 Å². The molecule has 220 valence electrons. The first-order valence-corrected chi connectivity index (χ1v) is 14.4. The van der Waals surface area contributed by atoms with Crippen LogP contribution in [0.1, 0.15) is 50.4 Å². The maximum absolute atomic E-state index is 13.1. The molecule has 0 bridgehead atoms. The Hall–Kier alpha value is -4.44. The lowest BCUT2D eigenvalue weighted by molar-refractivity contribution is 0.202. The molecule has 3 N–H and O–H groups in total. The first-order chi connectivity index (χ1) is 20.2. The van der Waals surface area contributed by atoms with Crippen LogP contribution in [0.4, 0.5) is 16.4 Å². The van der Waals surface area contributed by atoms with Crippen LogP contribution in [-0.4, -0.2) is 50.6 Å². The quantitative estimate of drug-likeness (QED) is 0.253. The highest BCUT2D eigenvalue weighted by atomic mass is 16.5. The maximum atomic E-state index is 13.1. The molecule has 0 aliphatic carbocycles. The lowest BCUT2D eigenvalue weighted by Gasteiger charge is -2.31. The summed E-state index contributed by atoms with van der Waals surface area (Å²) in [5.41, 5.74) is 3.51. The second kappa shape index (κ2) is 12.6. The van der Waals surface area contributed by atoms with Gasteiger partial charge >= 0.3 is 6.03 Å². The fraction of sp³-hybridized carbons (Fsp3) is 0.375. The Balaban J connectivity index is 1.26. The minimum absolute atomic E-state index is 0.185. The predicted octanol–water partition coefficient (Wildman–Crippen LogP) is 5.59. The summed E-state index contributed by atoms with van der Waals surface area (Å²) < 4.78 is 7.92. The molecule has 1 saturated heterocycles. The monoisotopic (exact) mass is 569 g/mol. The number of piperidine rings is 1. The molecule has 2 aromatic heterocycles. The zero-order valence-corrected chi connectivity index (χ0v) is 24.7. The van der Waals surface area contributed by atoms with E-state index < -0.39 is 0 Å². The molecule has 0 atom stereocenters. The van der Waals surface area contributed by atoms with Gasteiger partial charge in [0.05, 0.1) is 11.4 Å². The minimum atomic E-state index is -0.353. The number of hydrogen-bond acceptors (Lipinski definition) is 7. The van der Waals surface area contributed by atoms with Gasteiger partial charge in [0.15, 0.2) is 0 Å². The van der Waals surface area contributed by atoms with Gasteiger partial charge in [0.1, 0.15) is 23.7 Å². The number of aliphatic hydroxyl groups excluding tert-OH is 1. The molecule has 1 aliphatic rings. The first-order valence-electron chi connectivity index (χ1n) is 14.4. The summed E-state index contributed by atoms with van der Waals surface area (Å²) >= 11 is 0. The van der Waals surface area contributed by atoms with E-state index in [0.29, 0.717) is 23.4 Å². The number of aliphatic hydroxyl groups is 1. The molecule has 42 heavy (non-hydrogen) atoms. The van der Waals surface area contributed by atoms with Crippen molar-refractivity contribution in [2.24, 2.45) is 5.92 Å². The van der Waals surface area contributed by atoms with Crippen molar-refractivity contribution in [3.8, 4) is 17.3 Å². The number of aromatic nitrogens is 4. The van der Waals surface area contributed by atoms with Crippen molar-refractivity contribution < 1.29 is 14.6 Å². The van der Waals surface area contributed by atoms with Crippen molar-refractivity contribution in [1.82, 2.24) is 25.1 Å². The summed E-state index contributed by atoms with van der Waals surface area (Å²) in [6, 6.07) is 19.0. The Morgan fingerprint density at radius 3 is 2.50 bits per heavy atom. The van der Waals surface area contributed by atoms with Crippen molar-refractivity contribution in [1.29, 1.82) is 0 Å². The number of carbonyl (C=O) groups excluding carboxylic acids is 1. The van der Waals surface area contributed by atoms with Crippen LogP contribution in [0.15, 0.2) is 67.0 Å². The highest BCUT2D eigenvalue weighted by Gasteiger charge is 2.22. The number of para-hydroxylation sites is 1. The molecule has 2 amide bonds. The van der Waals surface area contributed by atoms with Crippen molar-refractivity contribution in [2.45, 2.75) is 52.5 Å². The van der Waals surface area contributed by atoms with Gasteiger partial charge in [-0.15, -0.1) is 0 Å². The normalized spacial score (nSPS) is 14.1. The summed E-state index contributed by atoms with van der Waals surface area (Å²) in [5.74, 6) is 2.76. The van der Waals surface area contributed by atoms with E-state index in [2.05, 4.69) is 46.3 Å².